The molecule has 0 saturated carbocycles. The number of fused-ring (bicyclic) bond motifs is 1. The molecule has 4 heteroatoms. The third-order valence-corrected chi connectivity index (χ3v) is 3.86. The van der Waals surface area contributed by atoms with Gasteiger partial charge in [-0.15, -0.1) is 0 Å². The van der Waals surface area contributed by atoms with Crippen molar-refractivity contribution in [2.24, 2.45) is 5.41 Å². The quantitative estimate of drug-likeness (QED) is 0.817. The Kier molecular flexibility index (Phi) is 3.46. The Hall–Kier alpha value is -0.610. The van der Waals surface area contributed by atoms with Gasteiger partial charge in [0.15, 0.2) is 0 Å². The van der Waals surface area contributed by atoms with Crippen molar-refractivity contribution in [3.05, 3.63) is 0 Å². The number of hydrogen-bond acceptors (Lipinski definition) is 3. The van der Waals surface area contributed by atoms with Crippen LogP contribution < -0.4 is 0 Å². The molecule has 0 bridgehead atoms. The van der Waals surface area contributed by atoms with Crippen molar-refractivity contribution < 1.29 is 14.6 Å². The first-order chi connectivity index (χ1) is 7.88. The number of carbonyl (C=O) groups is 1. The van der Waals surface area contributed by atoms with Crippen molar-refractivity contribution >= 4 is 5.97 Å². The third kappa shape index (κ3) is 2.80. The third-order valence-electron chi connectivity index (χ3n) is 3.86. The molecule has 0 amide bonds. The Balaban J connectivity index is 2.02. The molecular weight excluding hydrogens is 218 g/mol. The highest BCUT2D eigenvalue weighted by atomic mass is 16.5. The highest BCUT2D eigenvalue weighted by molar-refractivity contribution is 5.74. The average molecular weight is 241 g/mol. The summed E-state index contributed by atoms with van der Waals surface area (Å²) in [7, 11) is 0. The monoisotopic (exact) mass is 241 g/mol. The van der Waals surface area contributed by atoms with Crippen LogP contribution in [0.15, 0.2) is 0 Å². The van der Waals surface area contributed by atoms with Crippen LogP contribution in [0.4, 0.5) is 0 Å². The fraction of sp³-hybridized carbons (Fsp3) is 0.923. The molecule has 1 unspecified atom stereocenters. The molecule has 2 heterocycles. The van der Waals surface area contributed by atoms with Crippen molar-refractivity contribution in [1.82, 2.24) is 4.90 Å². The van der Waals surface area contributed by atoms with Crippen molar-refractivity contribution in [2.75, 3.05) is 13.2 Å². The van der Waals surface area contributed by atoms with Crippen LogP contribution in [0.2, 0.25) is 0 Å². The number of nitrogens with zero attached hydrogens (tertiary/aromatic N) is 1. The van der Waals surface area contributed by atoms with Crippen LogP contribution in [0.3, 0.4) is 0 Å². The van der Waals surface area contributed by atoms with Gasteiger partial charge >= 0.3 is 5.97 Å². The zero-order valence-corrected chi connectivity index (χ0v) is 11.0. The highest BCUT2D eigenvalue weighted by Gasteiger charge is 2.47. The Morgan fingerprint density at radius 3 is 2.76 bits per heavy atom. The SMILES string of the molecule is CC(C)(C)CCN1C(C(=O)O)C[C@@H]2OCC[C@@H]21. The lowest BCUT2D eigenvalue weighted by atomic mass is 9.92. The number of hydrogen-bond donors (Lipinski definition) is 1. The minimum Gasteiger partial charge on any atom is -0.480 e. The minimum absolute atomic E-state index is 0.149. The zero-order chi connectivity index (χ0) is 12.6. The smallest absolute Gasteiger partial charge is 0.321 e. The molecule has 0 aromatic heterocycles. The number of likely N-dealkylation sites (tertiary alicyclic amines) is 1. The van der Waals surface area contributed by atoms with Crippen LogP contribution in [0, 0.1) is 5.41 Å². The summed E-state index contributed by atoms with van der Waals surface area (Å²) in [6, 6.07) is -0.00824. The van der Waals surface area contributed by atoms with Gasteiger partial charge in [0, 0.05) is 19.1 Å². The molecule has 0 aliphatic carbocycles. The first-order valence-electron chi connectivity index (χ1n) is 6.49. The summed E-state index contributed by atoms with van der Waals surface area (Å²) in [5, 5.41) is 9.27. The van der Waals surface area contributed by atoms with Crippen LogP contribution in [0.5, 0.6) is 0 Å². The maximum Gasteiger partial charge on any atom is 0.321 e. The number of aliphatic carboxylic acids is 1. The van der Waals surface area contributed by atoms with E-state index in [9.17, 15) is 9.90 Å². The second kappa shape index (κ2) is 4.58. The number of carboxylic acids is 1. The number of rotatable bonds is 3. The van der Waals surface area contributed by atoms with Gasteiger partial charge in [-0.2, -0.15) is 0 Å². The summed E-state index contributed by atoms with van der Waals surface area (Å²) in [6.45, 7) is 8.24. The fourth-order valence-corrected chi connectivity index (χ4v) is 2.86. The van der Waals surface area contributed by atoms with Gasteiger partial charge in [0.2, 0.25) is 0 Å². The van der Waals surface area contributed by atoms with E-state index in [-0.39, 0.29) is 17.6 Å². The van der Waals surface area contributed by atoms with E-state index < -0.39 is 5.97 Å². The summed E-state index contributed by atoms with van der Waals surface area (Å²) in [5.41, 5.74) is 0.251. The molecule has 0 aromatic carbocycles. The highest BCUT2D eigenvalue weighted by Crippen LogP contribution is 2.34. The summed E-state index contributed by atoms with van der Waals surface area (Å²) in [6.07, 6.45) is 2.82. The topological polar surface area (TPSA) is 49.8 Å². The van der Waals surface area contributed by atoms with Crippen LogP contribution in [0.25, 0.3) is 0 Å². The largest absolute Gasteiger partial charge is 0.480 e. The molecule has 1 N–H and O–H groups in total. The van der Waals surface area contributed by atoms with E-state index in [1.54, 1.807) is 0 Å². The molecule has 2 fully saturated rings. The average Bonchev–Trinajstić information content (AvgIpc) is 2.71. The Morgan fingerprint density at radius 1 is 1.47 bits per heavy atom. The van der Waals surface area contributed by atoms with Crippen LogP contribution in [-0.2, 0) is 9.53 Å². The molecule has 3 atom stereocenters. The summed E-state index contributed by atoms with van der Waals surface area (Å²) >= 11 is 0. The minimum atomic E-state index is -0.697. The second-order valence-electron chi connectivity index (χ2n) is 6.40. The van der Waals surface area contributed by atoms with E-state index in [1.807, 2.05) is 0 Å². The van der Waals surface area contributed by atoms with Gasteiger partial charge in [0.05, 0.1) is 6.10 Å². The predicted molar refractivity (Wildman–Crippen MR) is 65.0 cm³/mol. The lowest BCUT2D eigenvalue weighted by Crippen LogP contribution is -2.42. The van der Waals surface area contributed by atoms with E-state index in [1.165, 1.54) is 0 Å². The van der Waals surface area contributed by atoms with Crippen LogP contribution >= 0.6 is 0 Å². The van der Waals surface area contributed by atoms with E-state index in [2.05, 4.69) is 25.7 Å². The second-order valence-corrected chi connectivity index (χ2v) is 6.40. The molecular formula is C13H23NO3. The van der Waals surface area contributed by atoms with Gasteiger partial charge < -0.3 is 9.84 Å². The van der Waals surface area contributed by atoms with Crippen molar-refractivity contribution in [2.45, 2.75) is 58.2 Å². The molecule has 2 aliphatic rings. The van der Waals surface area contributed by atoms with Gasteiger partial charge in [0.1, 0.15) is 6.04 Å². The molecule has 17 heavy (non-hydrogen) atoms. The van der Waals surface area contributed by atoms with E-state index in [0.717, 1.165) is 26.0 Å². The van der Waals surface area contributed by atoms with Gasteiger partial charge in [-0.1, -0.05) is 20.8 Å². The number of ether oxygens (including phenoxy) is 1. The normalized spacial score (nSPS) is 33.9. The Bertz CT molecular complexity index is 298. The maximum absolute atomic E-state index is 11.3. The lowest BCUT2D eigenvalue weighted by Gasteiger charge is -2.29. The first-order valence-corrected chi connectivity index (χ1v) is 6.49. The molecule has 0 spiro atoms. The molecule has 98 valence electrons. The van der Waals surface area contributed by atoms with Crippen LogP contribution in [0.1, 0.15) is 40.0 Å². The van der Waals surface area contributed by atoms with Gasteiger partial charge in [-0.25, -0.2) is 0 Å². The summed E-state index contributed by atoms with van der Waals surface area (Å²) < 4.78 is 5.61. The van der Waals surface area contributed by atoms with E-state index in [4.69, 9.17) is 4.74 Å². The van der Waals surface area contributed by atoms with Gasteiger partial charge in [-0.05, 0) is 24.8 Å². The van der Waals surface area contributed by atoms with Crippen molar-refractivity contribution in [1.29, 1.82) is 0 Å². The molecule has 0 radical (unpaired) electrons. The van der Waals surface area contributed by atoms with Crippen molar-refractivity contribution in [3.8, 4) is 0 Å². The molecule has 0 aromatic rings. The first kappa shape index (κ1) is 12.8. The summed E-state index contributed by atoms with van der Waals surface area (Å²) in [4.78, 5) is 13.4. The number of carboxylic acid groups (broad SMARTS) is 1. The molecule has 4 nitrogen and oxygen atoms in total. The van der Waals surface area contributed by atoms with E-state index in [0.29, 0.717) is 12.5 Å². The maximum atomic E-state index is 11.3. The zero-order valence-electron chi connectivity index (χ0n) is 11.0. The van der Waals surface area contributed by atoms with Crippen molar-refractivity contribution in [3.63, 3.8) is 0 Å². The standard InChI is InChI=1S/C13H23NO3/c1-13(2,3)5-6-14-9-4-7-17-11(9)8-10(14)12(15)16/h9-11H,4-8H2,1-3H3,(H,15,16)/t9-,10?,11-/m0/s1. The molecule has 2 saturated heterocycles. The summed E-state index contributed by atoms with van der Waals surface area (Å²) in [5.74, 6) is -0.697. The Morgan fingerprint density at radius 2 is 2.18 bits per heavy atom. The lowest BCUT2D eigenvalue weighted by molar-refractivity contribution is -0.143. The Labute approximate surface area is 103 Å². The molecule has 2 aliphatic heterocycles. The fourth-order valence-electron chi connectivity index (χ4n) is 2.86. The van der Waals surface area contributed by atoms with Gasteiger partial charge in [-0.3, -0.25) is 9.69 Å². The molecule has 2 rings (SSSR count). The van der Waals surface area contributed by atoms with E-state index >= 15 is 0 Å². The predicted octanol–water partition coefficient (Wildman–Crippen LogP) is 1.74. The van der Waals surface area contributed by atoms with Crippen LogP contribution in [-0.4, -0.2) is 47.3 Å². The van der Waals surface area contributed by atoms with Gasteiger partial charge in [0.25, 0.3) is 0 Å².